The monoisotopic (exact) mass is 571 g/mol. The number of halogens is 4. The van der Waals surface area contributed by atoms with Crippen LogP contribution in [0.4, 0.5) is 13.2 Å². The third-order valence-corrected chi connectivity index (χ3v) is 5.02. The van der Waals surface area contributed by atoms with E-state index in [1.165, 1.54) is 12.3 Å². The summed E-state index contributed by atoms with van der Waals surface area (Å²) in [6.07, 6.45) is -1.53. The van der Waals surface area contributed by atoms with Gasteiger partial charge >= 0.3 is 6.18 Å². The van der Waals surface area contributed by atoms with Gasteiger partial charge in [0.2, 0.25) is 5.88 Å². The highest BCUT2D eigenvalue weighted by Gasteiger charge is 2.31. The second-order valence-electron chi connectivity index (χ2n) is 7.39. The summed E-state index contributed by atoms with van der Waals surface area (Å²) < 4.78 is 46.8. The largest absolute Gasteiger partial charge is 0.468 e. The smallest absolute Gasteiger partial charge is 0.422 e. The van der Waals surface area contributed by atoms with E-state index in [0.717, 1.165) is 24.4 Å². The minimum Gasteiger partial charge on any atom is -0.468 e. The predicted octanol–water partition coefficient (Wildman–Crippen LogP) is 2.43. The number of aromatic nitrogens is 1. The Bertz CT molecular complexity index is 750. The number of piperazine rings is 1. The van der Waals surface area contributed by atoms with Crippen LogP contribution in [0.5, 0.6) is 5.88 Å². The molecule has 0 spiro atoms. The van der Waals surface area contributed by atoms with Crippen LogP contribution in [0.25, 0.3) is 0 Å². The Hall–Kier alpha value is -1.83. The fourth-order valence-electron chi connectivity index (χ4n) is 3.45. The number of hydrogen-bond donors (Lipinski definition) is 1. The quantitative estimate of drug-likeness (QED) is 0.321. The second kappa shape index (κ2) is 12.4. The zero-order valence-electron chi connectivity index (χ0n) is 17.9. The van der Waals surface area contributed by atoms with Gasteiger partial charge in [0.1, 0.15) is 6.10 Å². The topological polar surface area (TPSA) is 79.3 Å². The molecule has 0 radical (unpaired) electrons. The number of pyridine rings is 1. The van der Waals surface area contributed by atoms with Crippen molar-refractivity contribution in [3.8, 4) is 5.88 Å². The Labute approximate surface area is 202 Å². The van der Waals surface area contributed by atoms with Crippen molar-refractivity contribution in [2.24, 2.45) is 4.99 Å². The third-order valence-electron chi connectivity index (χ3n) is 5.02. The summed E-state index contributed by atoms with van der Waals surface area (Å²) in [6.45, 7) is 4.80. The zero-order valence-corrected chi connectivity index (χ0v) is 20.3. The van der Waals surface area contributed by atoms with Crippen LogP contribution >= 0.6 is 24.0 Å². The van der Waals surface area contributed by atoms with E-state index in [4.69, 9.17) is 4.74 Å². The van der Waals surface area contributed by atoms with Crippen LogP contribution in [0.3, 0.4) is 0 Å². The second-order valence-corrected chi connectivity index (χ2v) is 7.39. The molecule has 0 saturated carbocycles. The average Bonchev–Trinajstić information content (AvgIpc) is 3.30. The first kappa shape index (κ1) is 26.4. The van der Waals surface area contributed by atoms with Crippen molar-refractivity contribution < 1.29 is 27.4 Å². The lowest BCUT2D eigenvalue weighted by molar-refractivity contribution is -0.154. The summed E-state index contributed by atoms with van der Waals surface area (Å²) in [5, 5.41) is 3.25. The van der Waals surface area contributed by atoms with E-state index in [1.807, 2.05) is 11.8 Å². The maximum Gasteiger partial charge on any atom is 0.422 e. The molecule has 1 aromatic heterocycles. The predicted molar refractivity (Wildman–Crippen MR) is 123 cm³/mol. The van der Waals surface area contributed by atoms with Crippen molar-refractivity contribution in [2.75, 3.05) is 45.9 Å². The molecule has 1 atom stereocenters. The molecule has 3 rings (SSSR count). The Morgan fingerprint density at radius 3 is 2.56 bits per heavy atom. The van der Waals surface area contributed by atoms with Gasteiger partial charge in [0, 0.05) is 51.6 Å². The van der Waals surface area contributed by atoms with Crippen LogP contribution in [0.15, 0.2) is 23.3 Å². The number of aliphatic imine (C=N–C) groups is 1. The molecule has 12 heteroatoms. The van der Waals surface area contributed by atoms with Crippen molar-refractivity contribution in [1.29, 1.82) is 0 Å². The minimum atomic E-state index is -4.40. The van der Waals surface area contributed by atoms with E-state index in [-0.39, 0.29) is 41.9 Å². The SMILES string of the molecule is CCNC(=NCc1ccc(OCC(F)(F)F)nc1)N1CCN(C(=O)C2CCCO2)CC1.I. The first-order chi connectivity index (χ1) is 14.9. The van der Waals surface area contributed by atoms with Crippen LogP contribution in [-0.4, -0.2) is 84.9 Å². The first-order valence-electron chi connectivity index (χ1n) is 10.4. The minimum absolute atomic E-state index is 0. The highest BCUT2D eigenvalue weighted by molar-refractivity contribution is 14.0. The Morgan fingerprint density at radius 2 is 2.00 bits per heavy atom. The summed E-state index contributed by atoms with van der Waals surface area (Å²) >= 11 is 0. The van der Waals surface area contributed by atoms with Crippen LogP contribution in [0.2, 0.25) is 0 Å². The number of hydrogen-bond acceptors (Lipinski definition) is 5. The molecule has 0 aliphatic carbocycles. The third kappa shape index (κ3) is 7.94. The lowest BCUT2D eigenvalue weighted by Gasteiger charge is -2.37. The van der Waals surface area contributed by atoms with Gasteiger partial charge in [0.05, 0.1) is 6.54 Å². The van der Waals surface area contributed by atoms with Crippen LogP contribution < -0.4 is 10.1 Å². The number of nitrogens with one attached hydrogen (secondary N) is 1. The van der Waals surface area contributed by atoms with Gasteiger partial charge in [-0.05, 0) is 25.3 Å². The van der Waals surface area contributed by atoms with Gasteiger partial charge in [-0.1, -0.05) is 6.07 Å². The molecule has 1 amide bonds. The van der Waals surface area contributed by atoms with Crippen LogP contribution in [0, 0.1) is 0 Å². The van der Waals surface area contributed by atoms with Gasteiger partial charge in [-0.2, -0.15) is 13.2 Å². The molecule has 8 nitrogen and oxygen atoms in total. The van der Waals surface area contributed by atoms with Gasteiger partial charge in [-0.15, -0.1) is 24.0 Å². The summed E-state index contributed by atoms with van der Waals surface area (Å²) in [5.41, 5.74) is 0.752. The number of amides is 1. The summed E-state index contributed by atoms with van der Waals surface area (Å²) in [7, 11) is 0. The normalized spacial score (nSPS) is 19.5. The van der Waals surface area contributed by atoms with Gasteiger partial charge in [-0.25, -0.2) is 9.98 Å². The molecule has 2 saturated heterocycles. The number of carbonyl (C=O) groups excluding carboxylic acids is 1. The van der Waals surface area contributed by atoms with Crippen molar-refractivity contribution in [2.45, 2.75) is 38.6 Å². The van der Waals surface area contributed by atoms with Gasteiger partial charge in [-0.3, -0.25) is 4.79 Å². The molecule has 2 aliphatic heterocycles. The van der Waals surface area contributed by atoms with Crippen molar-refractivity contribution in [3.05, 3.63) is 23.9 Å². The summed E-state index contributed by atoms with van der Waals surface area (Å²) in [6, 6.07) is 3.04. The molecule has 1 N–H and O–H groups in total. The zero-order chi connectivity index (χ0) is 22.3. The van der Waals surface area contributed by atoms with Crippen LogP contribution in [-0.2, 0) is 16.1 Å². The van der Waals surface area contributed by atoms with Gasteiger partial charge in [0.15, 0.2) is 12.6 Å². The van der Waals surface area contributed by atoms with E-state index in [9.17, 15) is 18.0 Å². The number of alkyl halides is 3. The molecule has 32 heavy (non-hydrogen) atoms. The molecule has 0 bridgehead atoms. The van der Waals surface area contributed by atoms with E-state index in [1.54, 1.807) is 6.07 Å². The van der Waals surface area contributed by atoms with E-state index in [0.29, 0.717) is 45.9 Å². The Morgan fingerprint density at radius 1 is 1.28 bits per heavy atom. The molecule has 180 valence electrons. The molecule has 1 aromatic rings. The summed E-state index contributed by atoms with van der Waals surface area (Å²) in [5.74, 6) is 0.714. The molecule has 1 unspecified atom stereocenters. The maximum atomic E-state index is 12.5. The van der Waals surface area contributed by atoms with Crippen molar-refractivity contribution >= 4 is 35.8 Å². The maximum absolute atomic E-state index is 12.5. The summed E-state index contributed by atoms with van der Waals surface area (Å²) in [4.78, 5) is 25.0. The van der Waals surface area contributed by atoms with Gasteiger partial charge < -0.3 is 24.6 Å². The molecular weight excluding hydrogens is 542 g/mol. The number of ether oxygens (including phenoxy) is 2. The number of rotatable bonds is 6. The molecule has 2 fully saturated rings. The highest BCUT2D eigenvalue weighted by atomic mass is 127. The molecule has 2 aliphatic rings. The molecular formula is C20H29F3IN5O3. The van der Waals surface area contributed by atoms with E-state index >= 15 is 0 Å². The standard InChI is InChI=1S/C20H28F3N5O3.HI/c1-2-24-19(26-13-15-5-6-17(25-12-15)31-14-20(21,22)23)28-9-7-27(8-10-28)18(29)16-4-3-11-30-16;/h5-6,12,16H,2-4,7-11,13-14H2,1H3,(H,24,26);1H. The first-order valence-corrected chi connectivity index (χ1v) is 10.4. The highest BCUT2D eigenvalue weighted by Crippen LogP contribution is 2.18. The van der Waals surface area contributed by atoms with Crippen molar-refractivity contribution in [1.82, 2.24) is 20.1 Å². The van der Waals surface area contributed by atoms with Gasteiger partial charge in [0.25, 0.3) is 5.91 Å². The lowest BCUT2D eigenvalue weighted by atomic mass is 10.2. The lowest BCUT2D eigenvalue weighted by Crippen LogP contribution is -2.55. The van der Waals surface area contributed by atoms with Crippen LogP contribution in [0.1, 0.15) is 25.3 Å². The average molecular weight is 571 g/mol. The fourth-order valence-corrected chi connectivity index (χ4v) is 3.45. The molecule has 0 aromatic carbocycles. The Kier molecular flexibility index (Phi) is 10.3. The van der Waals surface area contributed by atoms with Crippen molar-refractivity contribution in [3.63, 3.8) is 0 Å². The number of nitrogens with zero attached hydrogens (tertiary/aromatic N) is 4. The van der Waals surface area contributed by atoms with E-state index in [2.05, 4.69) is 24.9 Å². The Balaban J connectivity index is 0.00000363. The number of guanidine groups is 1. The number of carbonyl (C=O) groups is 1. The fraction of sp³-hybridized carbons (Fsp3) is 0.650. The van der Waals surface area contributed by atoms with E-state index < -0.39 is 12.8 Å². The molecule has 3 heterocycles.